The van der Waals surface area contributed by atoms with Gasteiger partial charge >= 0.3 is 5.97 Å². The van der Waals surface area contributed by atoms with Crippen molar-refractivity contribution in [2.24, 2.45) is 5.73 Å². The van der Waals surface area contributed by atoms with E-state index in [-0.39, 0.29) is 18.4 Å². The number of nitrogens with two attached hydrogens (primary N) is 1. The molecule has 2 atom stereocenters. The minimum Gasteiger partial charge on any atom is -0.465 e. The van der Waals surface area contributed by atoms with Crippen LogP contribution in [0.1, 0.15) is 28.3 Å². The number of halogens is 1. The number of rotatable bonds is 2. The largest absolute Gasteiger partial charge is 0.465 e. The lowest BCUT2D eigenvalue weighted by Gasteiger charge is -2.01. The highest BCUT2D eigenvalue weighted by Crippen LogP contribution is 2.38. The molecule has 4 heteroatoms. The SMILES string of the molecule is COC(=O)c1ccc([C@@H]2C[C@H]2N)cc1.Cl. The van der Waals surface area contributed by atoms with Gasteiger partial charge in [-0.1, -0.05) is 12.1 Å². The molecule has 3 nitrogen and oxygen atoms in total. The van der Waals surface area contributed by atoms with Gasteiger partial charge in [0.2, 0.25) is 0 Å². The standard InChI is InChI=1S/C11H13NO2.ClH/c1-14-11(13)8-4-2-7(3-5-8)9-6-10(9)12;/h2-5,9-10H,6,12H2,1H3;1H/t9-,10+;/m0./s1. The van der Waals surface area contributed by atoms with Gasteiger partial charge in [0.05, 0.1) is 12.7 Å². The number of methoxy groups -OCH3 is 1. The first-order valence-corrected chi connectivity index (χ1v) is 4.66. The Kier molecular flexibility index (Phi) is 3.72. The molecule has 0 bridgehead atoms. The van der Waals surface area contributed by atoms with Crippen molar-refractivity contribution in [3.05, 3.63) is 35.4 Å². The van der Waals surface area contributed by atoms with Crippen LogP contribution in [-0.2, 0) is 4.74 Å². The monoisotopic (exact) mass is 227 g/mol. The van der Waals surface area contributed by atoms with Crippen molar-refractivity contribution in [2.45, 2.75) is 18.4 Å². The predicted molar refractivity (Wildman–Crippen MR) is 60.4 cm³/mol. The summed E-state index contributed by atoms with van der Waals surface area (Å²) in [5.74, 6) is 0.193. The Morgan fingerprint density at radius 1 is 1.40 bits per heavy atom. The Bertz CT molecular complexity index is 350. The van der Waals surface area contributed by atoms with Gasteiger partial charge in [-0.15, -0.1) is 12.4 Å². The average Bonchev–Trinajstić information content (AvgIpc) is 2.95. The van der Waals surface area contributed by atoms with Crippen LogP contribution in [0.2, 0.25) is 0 Å². The molecule has 1 aromatic rings. The smallest absolute Gasteiger partial charge is 0.337 e. The second-order valence-corrected chi connectivity index (χ2v) is 3.62. The van der Waals surface area contributed by atoms with Crippen molar-refractivity contribution < 1.29 is 9.53 Å². The summed E-state index contributed by atoms with van der Waals surface area (Å²) in [6.45, 7) is 0. The van der Waals surface area contributed by atoms with Crippen molar-refractivity contribution in [1.82, 2.24) is 0 Å². The molecule has 2 rings (SSSR count). The van der Waals surface area contributed by atoms with Gasteiger partial charge in [-0.3, -0.25) is 0 Å². The van der Waals surface area contributed by atoms with E-state index in [1.807, 2.05) is 12.1 Å². The highest BCUT2D eigenvalue weighted by atomic mass is 35.5. The molecular formula is C11H14ClNO2. The molecule has 1 fully saturated rings. The summed E-state index contributed by atoms with van der Waals surface area (Å²) in [5, 5.41) is 0. The van der Waals surface area contributed by atoms with Gasteiger partial charge in [0.15, 0.2) is 0 Å². The second kappa shape index (κ2) is 4.64. The maximum Gasteiger partial charge on any atom is 0.337 e. The third-order valence-corrected chi connectivity index (χ3v) is 2.60. The fraction of sp³-hybridized carbons (Fsp3) is 0.364. The molecule has 1 aromatic carbocycles. The van der Waals surface area contributed by atoms with Gasteiger partial charge in [-0.2, -0.15) is 0 Å². The summed E-state index contributed by atoms with van der Waals surface area (Å²) >= 11 is 0. The molecular weight excluding hydrogens is 214 g/mol. The van der Waals surface area contributed by atoms with Crippen LogP contribution < -0.4 is 5.73 Å². The maximum atomic E-state index is 11.1. The zero-order valence-electron chi connectivity index (χ0n) is 8.47. The van der Waals surface area contributed by atoms with Crippen molar-refractivity contribution in [1.29, 1.82) is 0 Å². The van der Waals surface area contributed by atoms with E-state index < -0.39 is 0 Å². The van der Waals surface area contributed by atoms with Crippen molar-refractivity contribution in [3.63, 3.8) is 0 Å². The molecule has 0 radical (unpaired) electrons. The van der Waals surface area contributed by atoms with Gasteiger partial charge in [-0.25, -0.2) is 4.79 Å². The fourth-order valence-electron chi connectivity index (χ4n) is 1.58. The molecule has 1 aliphatic carbocycles. The Morgan fingerprint density at radius 3 is 2.33 bits per heavy atom. The third-order valence-electron chi connectivity index (χ3n) is 2.60. The van der Waals surface area contributed by atoms with Gasteiger partial charge in [-0.05, 0) is 24.1 Å². The van der Waals surface area contributed by atoms with Crippen molar-refractivity contribution in [2.75, 3.05) is 7.11 Å². The lowest BCUT2D eigenvalue weighted by molar-refractivity contribution is 0.0600. The maximum absolute atomic E-state index is 11.1. The first-order chi connectivity index (χ1) is 6.72. The zero-order chi connectivity index (χ0) is 10.1. The Labute approximate surface area is 95.0 Å². The molecule has 0 unspecified atom stereocenters. The van der Waals surface area contributed by atoms with E-state index in [0.29, 0.717) is 17.5 Å². The molecule has 82 valence electrons. The molecule has 1 saturated carbocycles. The Morgan fingerprint density at radius 2 is 1.93 bits per heavy atom. The number of ether oxygens (including phenoxy) is 1. The van der Waals surface area contributed by atoms with E-state index in [1.165, 1.54) is 12.7 Å². The van der Waals surface area contributed by atoms with Crippen LogP contribution in [0.15, 0.2) is 24.3 Å². The zero-order valence-corrected chi connectivity index (χ0v) is 9.29. The van der Waals surface area contributed by atoms with E-state index in [4.69, 9.17) is 5.73 Å². The number of benzene rings is 1. The summed E-state index contributed by atoms with van der Waals surface area (Å²) in [6, 6.07) is 7.77. The summed E-state index contributed by atoms with van der Waals surface area (Å²) in [7, 11) is 1.38. The van der Waals surface area contributed by atoms with E-state index in [1.54, 1.807) is 12.1 Å². The van der Waals surface area contributed by atoms with Crippen molar-refractivity contribution in [3.8, 4) is 0 Å². The molecule has 0 amide bonds. The molecule has 2 N–H and O–H groups in total. The van der Waals surface area contributed by atoms with Gasteiger partial charge in [0.25, 0.3) is 0 Å². The second-order valence-electron chi connectivity index (χ2n) is 3.62. The fourth-order valence-corrected chi connectivity index (χ4v) is 1.58. The molecule has 15 heavy (non-hydrogen) atoms. The quantitative estimate of drug-likeness (QED) is 0.783. The molecule has 0 saturated heterocycles. The number of esters is 1. The number of hydrogen-bond acceptors (Lipinski definition) is 3. The summed E-state index contributed by atoms with van der Waals surface area (Å²) < 4.78 is 4.61. The van der Waals surface area contributed by atoms with Crippen LogP contribution in [0.4, 0.5) is 0 Å². The normalized spacial score (nSPS) is 22.8. The topological polar surface area (TPSA) is 52.3 Å². The van der Waals surface area contributed by atoms with E-state index in [9.17, 15) is 4.79 Å². The first-order valence-electron chi connectivity index (χ1n) is 4.66. The van der Waals surface area contributed by atoms with Gasteiger partial charge in [0.1, 0.15) is 0 Å². The van der Waals surface area contributed by atoms with Crippen LogP contribution in [0.3, 0.4) is 0 Å². The molecule has 0 aromatic heterocycles. The minimum atomic E-state index is -0.295. The van der Waals surface area contributed by atoms with E-state index in [2.05, 4.69) is 4.74 Å². The number of carbonyl (C=O) groups excluding carboxylic acids is 1. The summed E-state index contributed by atoms with van der Waals surface area (Å²) in [6.07, 6.45) is 1.05. The third kappa shape index (κ3) is 2.49. The van der Waals surface area contributed by atoms with E-state index in [0.717, 1.165) is 6.42 Å². The first kappa shape index (κ1) is 12.0. The highest BCUT2D eigenvalue weighted by molar-refractivity contribution is 5.89. The van der Waals surface area contributed by atoms with Crippen LogP contribution in [0.25, 0.3) is 0 Å². The van der Waals surface area contributed by atoms with Crippen LogP contribution in [-0.4, -0.2) is 19.1 Å². The lowest BCUT2D eigenvalue weighted by atomic mass is 10.1. The van der Waals surface area contributed by atoms with Gasteiger partial charge in [0, 0.05) is 12.0 Å². The van der Waals surface area contributed by atoms with E-state index >= 15 is 0 Å². The van der Waals surface area contributed by atoms with Crippen molar-refractivity contribution >= 4 is 18.4 Å². The van der Waals surface area contributed by atoms with Crippen LogP contribution in [0, 0.1) is 0 Å². The van der Waals surface area contributed by atoms with Gasteiger partial charge < -0.3 is 10.5 Å². The van der Waals surface area contributed by atoms with Crippen LogP contribution >= 0.6 is 12.4 Å². The molecule has 0 heterocycles. The summed E-state index contributed by atoms with van der Waals surface area (Å²) in [4.78, 5) is 11.1. The number of carbonyl (C=O) groups is 1. The molecule has 1 aliphatic rings. The predicted octanol–water partition coefficient (Wildman–Crippen LogP) is 1.71. The minimum absolute atomic E-state index is 0. The summed E-state index contributed by atoms with van der Waals surface area (Å²) in [5.41, 5.74) is 7.53. The Balaban J connectivity index is 0.00000112. The van der Waals surface area contributed by atoms with Crippen LogP contribution in [0.5, 0.6) is 0 Å². The molecule has 0 spiro atoms. The Hall–Kier alpha value is -1.06. The average molecular weight is 228 g/mol. The lowest BCUT2D eigenvalue weighted by Crippen LogP contribution is -2.03. The highest BCUT2D eigenvalue weighted by Gasteiger charge is 2.34. The molecule has 0 aliphatic heterocycles. The number of hydrogen-bond donors (Lipinski definition) is 1.